The van der Waals surface area contributed by atoms with Crippen LogP contribution < -0.4 is 10.1 Å². The fraction of sp³-hybridized carbons (Fsp3) is 0.100. The van der Waals surface area contributed by atoms with E-state index in [-0.39, 0.29) is 5.91 Å². The monoisotopic (exact) mass is 352 g/mol. The maximum atomic E-state index is 12.1. The summed E-state index contributed by atoms with van der Waals surface area (Å²) < 4.78 is 5.80. The van der Waals surface area contributed by atoms with Crippen LogP contribution in [0.4, 0.5) is 0 Å². The van der Waals surface area contributed by atoms with Gasteiger partial charge in [0.05, 0.1) is 5.56 Å². The highest BCUT2D eigenvalue weighted by Crippen LogP contribution is 2.23. The molecule has 0 aliphatic rings. The number of ether oxygens (including phenoxy) is 1. The fourth-order valence-corrected chi connectivity index (χ4v) is 2.37. The lowest BCUT2D eigenvalue weighted by molar-refractivity contribution is 0.0950. The average molecular weight is 353 g/mol. The molecule has 3 rings (SSSR count). The number of benzene rings is 2. The van der Waals surface area contributed by atoms with Crippen molar-refractivity contribution >= 4 is 17.5 Å². The summed E-state index contributed by atoms with van der Waals surface area (Å²) >= 11 is 5.87. The normalized spacial score (nSPS) is 10.3. The molecule has 2 aromatic carbocycles. The minimum absolute atomic E-state index is 0.156. The van der Waals surface area contributed by atoms with Crippen LogP contribution in [0.1, 0.15) is 21.6 Å². The van der Waals surface area contributed by atoms with E-state index in [2.05, 4.69) is 10.3 Å². The van der Waals surface area contributed by atoms with Gasteiger partial charge in [0.15, 0.2) is 0 Å². The molecule has 1 N–H and O–H groups in total. The van der Waals surface area contributed by atoms with Crippen LogP contribution in [-0.2, 0) is 6.54 Å². The molecule has 0 saturated carbocycles. The summed E-state index contributed by atoms with van der Waals surface area (Å²) in [6.45, 7) is 2.29. The molecule has 1 aromatic heterocycles. The van der Waals surface area contributed by atoms with Crippen LogP contribution in [0.3, 0.4) is 0 Å². The summed E-state index contributed by atoms with van der Waals surface area (Å²) in [6, 6.07) is 18.3. The Morgan fingerprint density at radius 1 is 1.08 bits per heavy atom. The number of rotatable bonds is 5. The Labute approximate surface area is 151 Å². The number of nitrogens with one attached hydrogen (secondary N) is 1. The highest BCUT2D eigenvalue weighted by molar-refractivity contribution is 6.30. The number of nitrogens with zero attached hydrogens (tertiary/aromatic N) is 1. The van der Waals surface area contributed by atoms with Gasteiger partial charge in [-0.1, -0.05) is 23.7 Å². The van der Waals surface area contributed by atoms with Gasteiger partial charge in [0.25, 0.3) is 5.91 Å². The highest BCUT2D eigenvalue weighted by Gasteiger charge is 2.06. The van der Waals surface area contributed by atoms with E-state index in [0.29, 0.717) is 28.6 Å². The summed E-state index contributed by atoms with van der Waals surface area (Å²) in [7, 11) is 0. The van der Waals surface area contributed by atoms with Crippen LogP contribution in [0.15, 0.2) is 66.9 Å². The molecule has 0 atom stereocenters. The molecular formula is C20H17ClN2O2. The summed E-state index contributed by atoms with van der Waals surface area (Å²) in [4.78, 5) is 16.3. The van der Waals surface area contributed by atoms with Crippen molar-refractivity contribution in [2.45, 2.75) is 13.5 Å². The van der Waals surface area contributed by atoms with Gasteiger partial charge in [0.2, 0.25) is 0 Å². The molecule has 126 valence electrons. The zero-order valence-electron chi connectivity index (χ0n) is 13.7. The number of aromatic nitrogens is 1. The number of aryl methyl sites for hydroxylation is 1. The quantitative estimate of drug-likeness (QED) is 0.719. The molecule has 0 fully saturated rings. The first-order chi connectivity index (χ1) is 12.1. The Morgan fingerprint density at radius 2 is 1.88 bits per heavy atom. The van der Waals surface area contributed by atoms with E-state index in [4.69, 9.17) is 16.3 Å². The Balaban J connectivity index is 1.62. The maximum absolute atomic E-state index is 12.1. The SMILES string of the molecule is Cc1ccc(C(=O)NCc2cccc(Oc3ccc(Cl)cc3)c2)cn1. The number of hydrogen-bond acceptors (Lipinski definition) is 3. The average Bonchev–Trinajstić information content (AvgIpc) is 2.63. The number of halogens is 1. The molecule has 5 heteroatoms. The molecule has 1 heterocycles. The zero-order chi connectivity index (χ0) is 17.6. The van der Waals surface area contributed by atoms with Crippen molar-refractivity contribution in [1.29, 1.82) is 0 Å². The topological polar surface area (TPSA) is 51.2 Å². The zero-order valence-corrected chi connectivity index (χ0v) is 14.5. The van der Waals surface area contributed by atoms with Gasteiger partial charge in [0, 0.05) is 23.5 Å². The third-order valence-corrected chi connectivity index (χ3v) is 3.83. The smallest absolute Gasteiger partial charge is 0.253 e. The second-order valence-corrected chi connectivity index (χ2v) is 6.01. The van der Waals surface area contributed by atoms with Gasteiger partial charge in [-0.15, -0.1) is 0 Å². The first-order valence-corrected chi connectivity index (χ1v) is 8.21. The van der Waals surface area contributed by atoms with Crippen LogP contribution in [-0.4, -0.2) is 10.9 Å². The lowest BCUT2D eigenvalue weighted by atomic mass is 10.2. The fourth-order valence-electron chi connectivity index (χ4n) is 2.24. The number of carbonyl (C=O) groups excluding carboxylic acids is 1. The van der Waals surface area contributed by atoms with Crippen molar-refractivity contribution in [3.63, 3.8) is 0 Å². The highest BCUT2D eigenvalue weighted by atomic mass is 35.5. The van der Waals surface area contributed by atoms with Crippen LogP contribution in [0.5, 0.6) is 11.5 Å². The number of hydrogen-bond donors (Lipinski definition) is 1. The van der Waals surface area contributed by atoms with Gasteiger partial charge in [-0.05, 0) is 61.0 Å². The third kappa shape index (κ3) is 4.81. The largest absolute Gasteiger partial charge is 0.457 e. The van der Waals surface area contributed by atoms with Crippen molar-refractivity contribution in [3.05, 3.63) is 88.7 Å². The van der Waals surface area contributed by atoms with Crippen LogP contribution in [0, 0.1) is 6.92 Å². The molecule has 4 nitrogen and oxygen atoms in total. The molecule has 1 amide bonds. The van der Waals surface area contributed by atoms with Gasteiger partial charge < -0.3 is 10.1 Å². The van der Waals surface area contributed by atoms with E-state index in [1.165, 1.54) is 0 Å². The molecule has 0 bridgehead atoms. The second-order valence-electron chi connectivity index (χ2n) is 5.57. The minimum Gasteiger partial charge on any atom is -0.457 e. The number of carbonyl (C=O) groups is 1. The van der Waals surface area contributed by atoms with E-state index in [1.807, 2.05) is 37.3 Å². The molecule has 0 saturated heterocycles. The first kappa shape index (κ1) is 17.0. The van der Waals surface area contributed by atoms with E-state index < -0.39 is 0 Å². The van der Waals surface area contributed by atoms with Crippen LogP contribution in [0.2, 0.25) is 5.02 Å². The summed E-state index contributed by atoms with van der Waals surface area (Å²) in [5, 5.41) is 3.54. The van der Waals surface area contributed by atoms with Crippen molar-refractivity contribution in [2.75, 3.05) is 0 Å². The Hall–Kier alpha value is -2.85. The molecule has 0 aliphatic heterocycles. The van der Waals surface area contributed by atoms with Gasteiger partial charge in [0.1, 0.15) is 11.5 Å². The minimum atomic E-state index is -0.156. The van der Waals surface area contributed by atoms with Crippen molar-refractivity contribution < 1.29 is 9.53 Å². The molecule has 0 aliphatic carbocycles. The Kier molecular flexibility index (Phi) is 5.31. The van der Waals surface area contributed by atoms with E-state index in [9.17, 15) is 4.79 Å². The Bertz CT molecular complexity index is 862. The van der Waals surface area contributed by atoms with Gasteiger partial charge in [-0.3, -0.25) is 9.78 Å². The van der Waals surface area contributed by atoms with Crippen molar-refractivity contribution in [3.8, 4) is 11.5 Å². The number of amides is 1. The lowest BCUT2D eigenvalue weighted by Gasteiger charge is -2.09. The van der Waals surface area contributed by atoms with Gasteiger partial charge >= 0.3 is 0 Å². The standard InChI is InChI=1S/C20H17ClN2O2/c1-14-5-6-16(13-22-14)20(24)23-12-15-3-2-4-19(11-15)25-18-9-7-17(21)8-10-18/h2-11,13H,12H2,1H3,(H,23,24). The molecule has 3 aromatic rings. The lowest BCUT2D eigenvalue weighted by Crippen LogP contribution is -2.22. The molecule has 0 spiro atoms. The molecule has 0 radical (unpaired) electrons. The molecule has 25 heavy (non-hydrogen) atoms. The van der Waals surface area contributed by atoms with Gasteiger partial charge in [-0.25, -0.2) is 0 Å². The third-order valence-electron chi connectivity index (χ3n) is 3.57. The van der Waals surface area contributed by atoms with E-state index in [1.54, 1.807) is 36.5 Å². The summed E-state index contributed by atoms with van der Waals surface area (Å²) in [5.41, 5.74) is 2.36. The van der Waals surface area contributed by atoms with Crippen molar-refractivity contribution in [1.82, 2.24) is 10.3 Å². The van der Waals surface area contributed by atoms with Crippen molar-refractivity contribution in [2.24, 2.45) is 0 Å². The van der Waals surface area contributed by atoms with Gasteiger partial charge in [-0.2, -0.15) is 0 Å². The maximum Gasteiger partial charge on any atom is 0.253 e. The Morgan fingerprint density at radius 3 is 2.60 bits per heavy atom. The summed E-state index contributed by atoms with van der Waals surface area (Å²) in [6.07, 6.45) is 1.57. The predicted molar refractivity (Wildman–Crippen MR) is 98.1 cm³/mol. The second kappa shape index (κ2) is 7.81. The molecule has 0 unspecified atom stereocenters. The predicted octanol–water partition coefficient (Wildman–Crippen LogP) is 4.77. The van der Waals surface area contributed by atoms with Crippen LogP contribution >= 0.6 is 11.6 Å². The van der Waals surface area contributed by atoms with Crippen LogP contribution in [0.25, 0.3) is 0 Å². The summed E-state index contributed by atoms with van der Waals surface area (Å²) in [5.74, 6) is 1.25. The van der Waals surface area contributed by atoms with E-state index in [0.717, 1.165) is 11.3 Å². The molecular weight excluding hydrogens is 336 g/mol. The van der Waals surface area contributed by atoms with E-state index >= 15 is 0 Å². The first-order valence-electron chi connectivity index (χ1n) is 7.83. The number of pyridine rings is 1.